The van der Waals surface area contributed by atoms with Crippen LogP contribution < -0.4 is 5.73 Å². The number of carbonyl (C=O) groups is 1. The number of anilines is 1. The first kappa shape index (κ1) is 17.1. The number of halogens is 2. The van der Waals surface area contributed by atoms with E-state index in [0.29, 0.717) is 18.1 Å². The van der Waals surface area contributed by atoms with Crippen molar-refractivity contribution in [2.75, 3.05) is 12.3 Å². The van der Waals surface area contributed by atoms with Crippen LogP contribution in [-0.4, -0.2) is 12.6 Å². The first-order chi connectivity index (χ1) is 9.49. The number of nitrogen functional groups attached to an aromatic ring is 1. The standard InChI is InChI=1S/C15H21Cl2NO2/c1-3-5-6-10(4-2)9-20-15(19)11-7-12(16)14(18)13(17)8-11/h7-8,10H,3-6,9,18H2,1-2H3. The second kappa shape index (κ2) is 8.38. The summed E-state index contributed by atoms with van der Waals surface area (Å²) in [7, 11) is 0. The van der Waals surface area contributed by atoms with Crippen LogP contribution in [0.1, 0.15) is 49.9 Å². The number of nitrogens with two attached hydrogens (primary N) is 1. The van der Waals surface area contributed by atoms with Crippen molar-refractivity contribution in [1.29, 1.82) is 0 Å². The van der Waals surface area contributed by atoms with E-state index in [1.165, 1.54) is 12.1 Å². The lowest BCUT2D eigenvalue weighted by Crippen LogP contribution is -2.14. The molecule has 112 valence electrons. The third-order valence-electron chi connectivity index (χ3n) is 3.31. The van der Waals surface area contributed by atoms with Crippen molar-refractivity contribution < 1.29 is 9.53 Å². The Morgan fingerprint density at radius 3 is 2.40 bits per heavy atom. The summed E-state index contributed by atoms with van der Waals surface area (Å²) in [6.07, 6.45) is 4.36. The van der Waals surface area contributed by atoms with Crippen LogP contribution >= 0.6 is 23.2 Å². The zero-order valence-corrected chi connectivity index (χ0v) is 13.4. The van der Waals surface area contributed by atoms with Gasteiger partial charge in [0, 0.05) is 0 Å². The average molecular weight is 318 g/mol. The molecule has 0 bridgehead atoms. The van der Waals surface area contributed by atoms with Gasteiger partial charge >= 0.3 is 5.97 Å². The molecule has 1 unspecified atom stereocenters. The van der Waals surface area contributed by atoms with Crippen molar-refractivity contribution in [3.05, 3.63) is 27.7 Å². The molecule has 3 nitrogen and oxygen atoms in total. The molecule has 1 aromatic carbocycles. The van der Waals surface area contributed by atoms with Crippen LogP contribution in [0.2, 0.25) is 10.0 Å². The highest BCUT2D eigenvalue weighted by Crippen LogP contribution is 2.29. The van der Waals surface area contributed by atoms with E-state index in [2.05, 4.69) is 13.8 Å². The number of hydrogen-bond acceptors (Lipinski definition) is 3. The Morgan fingerprint density at radius 1 is 1.30 bits per heavy atom. The normalized spacial score (nSPS) is 12.2. The molecule has 0 aliphatic carbocycles. The van der Waals surface area contributed by atoms with Crippen LogP contribution in [0.15, 0.2) is 12.1 Å². The van der Waals surface area contributed by atoms with E-state index < -0.39 is 5.97 Å². The number of esters is 1. The molecule has 20 heavy (non-hydrogen) atoms. The molecule has 0 heterocycles. The maximum atomic E-state index is 12.0. The Hall–Kier alpha value is -0.930. The number of benzene rings is 1. The minimum absolute atomic E-state index is 0.266. The number of unbranched alkanes of at least 4 members (excludes halogenated alkanes) is 1. The highest BCUT2D eigenvalue weighted by Gasteiger charge is 2.14. The summed E-state index contributed by atoms with van der Waals surface area (Å²) in [6, 6.07) is 2.97. The summed E-state index contributed by atoms with van der Waals surface area (Å²) < 4.78 is 5.33. The van der Waals surface area contributed by atoms with Gasteiger partial charge in [0.05, 0.1) is 27.9 Å². The van der Waals surface area contributed by atoms with Crippen molar-refractivity contribution in [2.24, 2.45) is 5.92 Å². The van der Waals surface area contributed by atoms with Gasteiger partial charge in [0.25, 0.3) is 0 Å². The van der Waals surface area contributed by atoms with Gasteiger partial charge in [-0.3, -0.25) is 0 Å². The van der Waals surface area contributed by atoms with Crippen LogP contribution in [0.4, 0.5) is 5.69 Å². The summed E-state index contributed by atoms with van der Waals surface area (Å²) in [5, 5.41) is 0.532. The van der Waals surface area contributed by atoms with E-state index in [9.17, 15) is 4.79 Å². The summed E-state index contributed by atoms with van der Waals surface area (Å²) in [5.74, 6) is -0.0117. The molecule has 1 aromatic rings. The molecule has 0 fully saturated rings. The smallest absolute Gasteiger partial charge is 0.338 e. The van der Waals surface area contributed by atoms with Gasteiger partial charge in [-0.15, -0.1) is 0 Å². The molecule has 0 amide bonds. The van der Waals surface area contributed by atoms with Crippen LogP contribution in [0.5, 0.6) is 0 Å². The maximum absolute atomic E-state index is 12.0. The zero-order valence-electron chi connectivity index (χ0n) is 11.9. The fourth-order valence-corrected chi connectivity index (χ4v) is 2.36. The van der Waals surface area contributed by atoms with Gasteiger partial charge in [-0.2, -0.15) is 0 Å². The third kappa shape index (κ3) is 4.88. The van der Waals surface area contributed by atoms with Gasteiger partial charge in [-0.25, -0.2) is 4.79 Å². The van der Waals surface area contributed by atoms with E-state index in [0.717, 1.165) is 25.7 Å². The monoisotopic (exact) mass is 317 g/mol. The Balaban J connectivity index is 2.62. The van der Waals surface area contributed by atoms with E-state index in [4.69, 9.17) is 33.7 Å². The second-order valence-corrected chi connectivity index (χ2v) is 5.68. The molecule has 0 aliphatic heterocycles. The van der Waals surface area contributed by atoms with Crippen molar-refractivity contribution in [2.45, 2.75) is 39.5 Å². The maximum Gasteiger partial charge on any atom is 0.338 e. The summed E-state index contributed by atoms with van der Waals surface area (Å²) in [6.45, 7) is 4.68. The summed E-state index contributed by atoms with van der Waals surface area (Å²) in [4.78, 5) is 12.0. The SMILES string of the molecule is CCCCC(CC)COC(=O)c1cc(Cl)c(N)c(Cl)c1. The fraction of sp³-hybridized carbons (Fsp3) is 0.533. The predicted molar refractivity (Wildman–Crippen MR) is 84.5 cm³/mol. The van der Waals surface area contributed by atoms with Gasteiger partial charge in [0.1, 0.15) is 0 Å². The van der Waals surface area contributed by atoms with Gasteiger partial charge in [0.15, 0.2) is 0 Å². The quantitative estimate of drug-likeness (QED) is 0.572. The Morgan fingerprint density at radius 2 is 1.90 bits per heavy atom. The molecule has 1 rings (SSSR count). The molecule has 0 saturated carbocycles. The van der Waals surface area contributed by atoms with E-state index in [1.807, 2.05) is 0 Å². The lowest BCUT2D eigenvalue weighted by molar-refractivity contribution is 0.0428. The molecule has 5 heteroatoms. The number of rotatable bonds is 7. The fourth-order valence-electron chi connectivity index (χ4n) is 1.88. The predicted octanol–water partition coefficient (Wildman–Crippen LogP) is 4.95. The minimum atomic E-state index is -0.413. The van der Waals surface area contributed by atoms with Crippen LogP contribution in [0.25, 0.3) is 0 Å². The second-order valence-electron chi connectivity index (χ2n) is 4.87. The lowest BCUT2D eigenvalue weighted by Gasteiger charge is -2.15. The lowest BCUT2D eigenvalue weighted by atomic mass is 10.0. The number of hydrogen-bond donors (Lipinski definition) is 1. The molecular weight excluding hydrogens is 297 g/mol. The molecule has 0 radical (unpaired) electrons. The molecule has 0 aromatic heterocycles. The van der Waals surface area contributed by atoms with Crippen LogP contribution in [-0.2, 0) is 4.74 Å². The first-order valence-electron chi connectivity index (χ1n) is 6.91. The molecule has 0 spiro atoms. The summed E-state index contributed by atoms with van der Waals surface area (Å²) in [5.41, 5.74) is 6.24. The first-order valence-corrected chi connectivity index (χ1v) is 7.66. The number of ether oxygens (including phenoxy) is 1. The molecule has 2 N–H and O–H groups in total. The van der Waals surface area contributed by atoms with Crippen molar-refractivity contribution in [1.82, 2.24) is 0 Å². The van der Waals surface area contributed by atoms with Gasteiger partial charge in [0.2, 0.25) is 0 Å². The molecular formula is C15H21Cl2NO2. The van der Waals surface area contributed by atoms with Crippen molar-refractivity contribution in [3.63, 3.8) is 0 Å². The van der Waals surface area contributed by atoms with Crippen LogP contribution in [0, 0.1) is 5.92 Å². The van der Waals surface area contributed by atoms with Crippen LogP contribution in [0.3, 0.4) is 0 Å². The average Bonchev–Trinajstić information content (AvgIpc) is 2.44. The van der Waals surface area contributed by atoms with Crippen molar-refractivity contribution in [3.8, 4) is 0 Å². The Kier molecular flexibility index (Phi) is 7.17. The van der Waals surface area contributed by atoms with Gasteiger partial charge in [-0.05, 0) is 24.5 Å². The largest absolute Gasteiger partial charge is 0.462 e. The van der Waals surface area contributed by atoms with E-state index in [1.54, 1.807) is 0 Å². The Labute approximate surface area is 130 Å². The molecule has 1 atom stereocenters. The topological polar surface area (TPSA) is 52.3 Å². The summed E-state index contributed by atoms with van der Waals surface area (Å²) >= 11 is 11.8. The highest BCUT2D eigenvalue weighted by molar-refractivity contribution is 6.39. The highest BCUT2D eigenvalue weighted by atomic mass is 35.5. The number of carbonyl (C=O) groups excluding carboxylic acids is 1. The van der Waals surface area contributed by atoms with Gasteiger partial charge in [-0.1, -0.05) is 56.3 Å². The third-order valence-corrected chi connectivity index (χ3v) is 3.93. The molecule has 0 aliphatic rings. The minimum Gasteiger partial charge on any atom is -0.462 e. The van der Waals surface area contributed by atoms with Gasteiger partial charge < -0.3 is 10.5 Å². The van der Waals surface area contributed by atoms with Crippen molar-refractivity contribution >= 4 is 34.9 Å². The zero-order chi connectivity index (χ0) is 15.1. The van der Waals surface area contributed by atoms with E-state index >= 15 is 0 Å². The van der Waals surface area contributed by atoms with E-state index in [-0.39, 0.29) is 15.7 Å². The molecule has 0 saturated heterocycles. The Bertz CT molecular complexity index is 440.